The molecule has 2 N–H and O–H groups in total. The van der Waals surface area contributed by atoms with Crippen molar-refractivity contribution in [3.63, 3.8) is 0 Å². The van der Waals surface area contributed by atoms with Crippen molar-refractivity contribution >= 4 is 23.5 Å². The Morgan fingerprint density at radius 1 is 1.27 bits per heavy atom. The molecular weight excluding hydrogens is 360 g/mol. The van der Waals surface area contributed by atoms with Crippen molar-refractivity contribution in [1.82, 2.24) is 5.32 Å². The minimum Gasteiger partial charge on any atom is -0.497 e. The van der Waals surface area contributed by atoms with Gasteiger partial charge in [0.2, 0.25) is 0 Å². The fraction of sp³-hybridized carbons (Fsp3) is 0.167. The highest BCUT2D eigenvalue weighted by Gasteiger charge is 2.12. The lowest BCUT2D eigenvalue weighted by atomic mass is 10.1. The van der Waals surface area contributed by atoms with Gasteiger partial charge in [0.05, 0.1) is 18.7 Å². The third-order valence-electron chi connectivity index (χ3n) is 3.36. The number of hydrogen-bond acceptors (Lipinski definition) is 5. The maximum Gasteiger partial charge on any atom is 0.341 e. The highest BCUT2D eigenvalue weighted by molar-refractivity contribution is 6.31. The number of carbonyl (C=O) groups is 2. The lowest BCUT2D eigenvalue weighted by Crippen LogP contribution is -2.23. The predicted octanol–water partition coefficient (Wildman–Crippen LogP) is 2.61. The quantitative estimate of drug-likeness (QED) is 0.771. The molecule has 0 unspecified atom stereocenters. The first-order chi connectivity index (χ1) is 12.4. The Kier molecular flexibility index (Phi) is 6.42. The summed E-state index contributed by atoms with van der Waals surface area (Å²) in [5, 5.41) is 20.8. The summed E-state index contributed by atoms with van der Waals surface area (Å²) in [4.78, 5) is 23.0. The first-order valence-electron chi connectivity index (χ1n) is 7.43. The van der Waals surface area contributed by atoms with E-state index < -0.39 is 12.6 Å². The van der Waals surface area contributed by atoms with Crippen molar-refractivity contribution < 1.29 is 24.2 Å². The second-order valence-corrected chi connectivity index (χ2v) is 5.62. The van der Waals surface area contributed by atoms with E-state index in [-0.39, 0.29) is 18.2 Å². The molecule has 0 bridgehead atoms. The van der Waals surface area contributed by atoms with Gasteiger partial charge in [0.25, 0.3) is 5.91 Å². The van der Waals surface area contributed by atoms with E-state index in [1.54, 1.807) is 24.3 Å². The topological polar surface area (TPSA) is 109 Å². The molecule has 0 aliphatic rings. The second-order valence-electron chi connectivity index (χ2n) is 5.18. The van der Waals surface area contributed by atoms with Gasteiger partial charge >= 0.3 is 5.97 Å². The minimum atomic E-state index is -1.15. The van der Waals surface area contributed by atoms with E-state index in [9.17, 15) is 9.59 Å². The largest absolute Gasteiger partial charge is 0.497 e. The number of rotatable bonds is 7. The van der Waals surface area contributed by atoms with Crippen molar-refractivity contribution in [3.8, 4) is 17.6 Å². The number of carbonyl (C=O) groups excluding carboxylic acids is 1. The van der Waals surface area contributed by atoms with Crippen LogP contribution in [0.1, 0.15) is 21.5 Å². The number of benzene rings is 2. The normalized spacial score (nSPS) is 9.88. The fourth-order valence-corrected chi connectivity index (χ4v) is 2.36. The predicted molar refractivity (Wildman–Crippen MR) is 93.5 cm³/mol. The number of methoxy groups -OCH3 is 1. The van der Waals surface area contributed by atoms with Crippen LogP contribution in [-0.2, 0) is 11.3 Å². The molecule has 134 valence electrons. The van der Waals surface area contributed by atoms with Crippen LogP contribution in [0.25, 0.3) is 0 Å². The Hall–Kier alpha value is -3.24. The zero-order valence-electron chi connectivity index (χ0n) is 13.8. The van der Waals surface area contributed by atoms with Gasteiger partial charge < -0.3 is 19.9 Å². The molecule has 0 heterocycles. The van der Waals surface area contributed by atoms with Gasteiger partial charge in [-0.05, 0) is 30.3 Å². The van der Waals surface area contributed by atoms with E-state index in [4.69, 9.17) is 31.4 Å². The molecule has 2 aromatic carbocycles. The lowest BCUT2D eigenvalue weighted by Gasteiger charge is -2.12. The monoisotopic (exact) mass is 374 g/mol. The van der Waals surface area contributed by atoms with E-state index in [0.29, 0.717) is 27.5 Å². The summed E-state index contributed by atoms with van der Waals surface area (Å²) >= 11 is 5.95. The summed E-state index contributed by atoms with van der Waals surface area (Å²) in [6.45, 7) is -0.477. The molecule has 0 saturated heterocycles. The van der Waals surface area contributed by atoms with Crippen LogP contribution < -0.4 is 14.8 Å². The Labute approximate surface area is 154 Å². The summed E-state index contributed by atoms with van der Waals surface area (Å²) in [5.41, 5.74) is 1.17. The molecule has 0 radical (unpaired) electrons. The van der Waals surface area contributed by atoms with Gasteiger partial charge in [0, 0.05) is 22.7 Å². The summed E-state index contributed by atoms with van der Waals surface area (Å²) in [6, 6.07) is 11.1. The van der Waals surface area contributed by atoms with Gasteiger partial charge in [0.15, 0.2) is 6.61 Å². The van der Waals surface area contributed by atoms with Gasteiger partial charge in [-0.25, -0.2) is 4.79 Å². The van der Waals surface area contributed by atoms with Crippen molar-refractivity contribution in [2.45, 2.75) is 6.54 Å². The molecule has 0 aromatic heterocycles. The highest BCUT2D eigenvalue weighted by Crippen LogP contribution is 2.22. The first kappa shape index (κ1) is 19.1. The maximum atomic E-state index is 12.3. The standard InChI is InChI=1S/C18H15ClN2O5/c1-25-15-6-13(5-14(19)7-15)18(24)21-9-12-3-2-11(8-20)4-16(12)26-10-17(22)23/h2-7H,9-10H2,1H3,(H,21,24)(H,22,23). The Balaban J connectivity index is 2.15. The van der Waals surface area contributed by atoms with Crippen LogP contribution in [0.3, 0.4) is 0 Å². The Morgan fingerprint density at radius 2 is 2.04 bits per heavy atom. The molecule has 0 fully saturated rings. The number of amides is 1. The number of aliphatic carboxylic acids is 1. The van der Waals surface area contributed by atoms with Gasteiger partial charge in [-0.2, -0.15) is 5.26 Å². The summed E-state index contributed by atoms with van der Waals surface area (Å²) in [5.74, 6) is -0.866. The van der Waals surface area contributed by atoms with Crippen LogP contribution in [0.5, 0.6) is 11.5 Å². The molecular formula is C18H15ClN2O5. The number of hydrogen-bond donors (Lipinski definition) is 2. The molecule has 1 amide bonds. The first-order valence-corrected chi connectivity index (χ1v) is 7.81. The van der Waals surface area contributed by atoms with Crippen molar-refractivity contribution in [2.24, 2.45) is 0 Å². The van der Waals surface area contributed by atoms with Gasteiger partial charge in [0.1, 0.15) is 11.5 Å². The van der Waals surface area contributed by atoms with E-state index >= 15 is 0 Å². The fourth-order valence-electron chi connectivity index (χ4n) is 2.13. The summed E-state index contributed by atoms with van der Waals surface area (Å²) in [6.07, 6.45) is 0. The highest BCUT2D eigenvalue weighted by atomic mass is 35.5. The van der Waals surface area contributed by atoms with Crippen molar-refractivity contribution in [2.75, 3.05) is 13.7 Å². The minimum absolute atomic E-state index is 0.0777. The average molecular weight is 375 g/mol. The van der Waals surface area contributed by atoms with Crippen LogP contribution >= 0.6 is 11.6 Å². The van der Waals surface area contributed by atoms with Gasteiger partial charge in [-0.1, -0.05) is 17.7 Å². The Morgan fingerprint density at radius 3 is 2.69 bits per heavy atom. The molecule has 2 aromatic rings. The molecule has 7 nitrogen and oxygen atoms in total. The van der Waals surface area contributed by atoms with Crippen LogP contribution in [0.4, 0.5) is 0 Å². The molecule has 26 heavy (non-hydrogen) atoms. The zero-order chi connectivity index (χ0) is 19.1. The second kappa shape index (κ2) is 8.74. The third-order valence-corrected chi connectivity index (χ3v) is 3.57. The van der Waals surface area contributed by atoms with Gasteiger partial charge in [-0.15, -0.1) is 0 Å². The molecule has 8 heteroatoms. The van der Waals surface area contributed by atoms with Crippen LogP contribution in [0.15, 0.2) is 36.4 Å². The number of ether oxygens (including phenoxy) is 2. The van der Waals surface area contributed by atoms with Crippen LogP contribution in [-0.4, -0.2) is 30.7 Å². The van der Waals surface area contributed by atoms with E-state index in [0.717, 1.165) is 0 Å². The van der Waals surface area contributed by atoms with Crippen LogP contribution in [0, 0.1) is 11.3 Å². The zero-order valence-corrected chi connectivity index (χ0v) is 14.5. The molecule has 2 rings (SSSR count). The number of carboxylic acids is 1. The molecule has 0 aliphatic carbocycles. The molecule has 0 aliphatic heterocycles. The molecule has 0 atom stereocenters. The molecule has 0 spiro atoms. The van der Waals surface area contributed by atoms with E-state index in [1.165, 1.54) is 19.2 Å². The lowest BCUT2D eigenvalue weighted by molar-refractivity contribution is -0.139. The number of nitrogens with one attached hydrogen (secondary N) is 1. The SMILES string of the molecule is COc1cc(Cl)cc(C(=O)NCc2ccc(C#N)cc2OCC(=O)O)c1. The van der Waals surface area contributed by atoms with Gasteiger partial charge in [-0.3, -0.25) is 4.79 Å². The van der Waals surface area contributed by atoms with Crippen molar-refractivity contribution in [1.29, 1.82) is 5.26 Å². The van der Waals surface area contributed by atoms with Crippen LogP contribution in [0.2, 0.25) is 5.02 Å². The Bertz CT molecular complexity index is 876. The number of carboxylic acid groups (broad SMARTS) is 1. The summed E-state index contributed by atoms with van der Waals surface area (Å²) in [7, 11) is 1.47. The number of nitriles is 1. The average Bonchev–Trinajstić information content (AvgIpc) is 2.63. The third kappa shape index (κ3) is 5.13. The molecule has 0 saturated carbocycles. The maximum absolute atomic E-state index is 12.3. The van der Waals surface area contributed by atoms with E-state index in [1.807, 2.05) is 6.07 Å². The summed E-state index contributed by atoms with van der Waals surface area (Å²) < 4.78 is 10.3. The smallest absolute Gasteiger partial charge is 0.341 e. The number of nitrogens with zero attached hydrogens (tertiary/aromatic N) is 1. The number of halogens is 1. The van der Waals surface area contributed by atoms with Crippen molar-refractivity contribution in [3.05, 3.63) is 58.1 Å². The van der Waals surface area contributed by atoms with E-state index in [2.05, 4.69) is 5.32 Å².